The van der Waals surface area contributed by atoms with Crippen LogP contribution < -0.4 is 10.1 Å². The number of carboxylic acid groups (broad SMARTS) is 1. The molecule has 0 aliphatic rings. The van der Waals surface area contributed by atoms with E-state index < -0.39 is 5.97 Å². The number of ketones is 1. The third-order valence-corrected chi connectivity index (χ3v) is 3.35. The molecule has 0 spiro atoms. The topological polar surface area (TPSA) is 75.6 Å². The Morgan fingerprint density at radius 2 is 1.77 bits per heavy atom. The summed E-state index contributed by atoms with van der Waals surface area (Å²) < 4.78 is 5.03. The lowest BCUT2D eigenvalue weighted by molar-refractivity contribution is 0.0696. The molecule has 22 heavy (non-hydrogen) atoms. The fourth-order valence-corrected chi connectivity index (χ4v) is 2.11. The van der Waals surface area contributed by atoms with Gasteiger partial charge in [0, 0.05) is 11.3 Å². The second-order valence-corrected chi connectivity index (χ2v) is 4.92. The van der Waals surface area contributed by atoms with Gasteiger partial charge in [-0.3, -0.25) is 4.79 Å². The van der Waals surface area contributed by atoms with Gasteiger partial charge in [-0.25, -0.2) is 4.79 Å². The number of Topliss-reactive ketones (excluding diaryl/α,β-unsaturated/α-hetero) is 1. The monoisotopic (exact) mass is 319 g/mol. The number of aromatic carboxylic acids is 1. The highest BCUT2D eigenvalue weighted by Gasteiger charge is 2.09. The number of nitrogens with one attached hydrogen (secondary N) is 1. The number of carbonyl (C=O) groups excluding carboxylic acids is 1. The van der Waals surface area contributed by atoms with Gasteiger partial charge < -0.3 is 15.2 Å². The van der Waals surface area contributed by atoms with Crippen molar-refractivity contribution in [1.29, 1.82) is 0 Å². The Balaban J connectivity index is 2.00. The van der Waals surface area contributed by atoms with E-state index in [1.165, 1.54) is 19.2 Å². The standard InChI is InChI=1S/C16H14ClNO4/c1-22-15-7-4-11(8-13(15)17)14(19)9-18-12-5-2-10(3-6-12)16(20)21/h2-8,18H,9H2,1H3,(H,20,21). The highest BCUT2D eigenvalue weighted by molar-refractivity contribution is 6.32. The molecule has 0 aromatic heterocycles. The second kappa shape index (κ2) is 6.95. The summed E-state index contributed by atoms with van der Waals surface area (Å²) in [5.41, 5.74) is 1.33. The van der Waals surface area contributed by atoms with E-state index >= 15 is 0 Å². The van der Waals surface area contributed by atoms with E-state index in [0.717, 1.165) is 0 Å². The molecule has 0 heterocycles. The predicted molar refractivity (Wildman–Crippen MR) is 84.2 cm³/mol. The zero-order valence-electron chi connectivity index (χ0n) is 11.8. The van der Waals surface area contributed by atoms with Gasteiger partial charge in [0.1, 0.15) is 5.75 Å². The van der Waals surface area contributed by atoms with Gasteiger partial charge in [-0.15, -0.1) is 0 Å². The molecule has 0 aliphatic heterocycles. The van der Waals surface area contributed by atoms with Crippen molar-refractivity contribution in [2.75, 3.05) is 19.0 Å². The highest BCUT2D eigenvalue weighted by Crippen LogP contribution is 2.25. The summed E-state index contributed by atoms with van der Waals surface area (Å²) in [5.74, 6) is -0.613. The molecular weight excluding hydrogens is 306 g/mol. The summed E-state index contributed by atoms with van der Waals surface area (Å²) in [7, 11) is 1.51. The van der Waals surface area contributed by atoms with Crippen molar-refractivity contribution in [3.63, 3.8) is 0 Å². The minimum Gasteiger partial charge on any atom is -0.495 e. The van der Waals surface area contributed by atoms with Gasteiger partial charge in [0.15, 0.2) is 5.78 Å². The van der Waals surface area contributed by atoms with Crippen molar-refractivity contribution in [3.8, 4) is 5.75 Å². The zero-order valence-corrected chi connectivity index (χ0v) is 12.6. The number of benzene rings is 2. The van der Waals surface area contributed by atoms with Crippen LogP contribution in [0.25, 0.3) is 0 Å². The Morgan fingerprint density at radius 1 is 1.14 bits per heavy atom. The molecule has 2 N–H and O–H groups in total. The van der Waals surface area contributed by atoms with Gasteiger partial charge in [-0.05, 0) is 42.5 Å². The number of methoxy groups -OCH3 is 1. The number of halogens is 1. The van der Waals surface area contributed by atoms with Gasteiger partial charge in [0.25, 0.3) is 0 Å². The summed E-state index contributed by atoms with van der Waals surface area (Å²) in [5, 5.41) is 12.1. The molecule has 0 radical (unpaired) electrons. The molecule has 114 valence electrons. The zero-order chi connectivity index (χ0) is 16.1. The highest BCUT2D eigenvalue weighted by atomic mass is 35.5. The summed E-state index contributed by atoms with van der Waals surface area (Å²) >= 11 is 5.98. The van der Waals surface area contributed by atoms with Crippen LogP contribution in [0.3, 0.4) is 0 Å². The minimum atomic E-state index is -0.990. The number of carbonyl (C=O) groups is 2. The molecular formula is C16H14ClNO4. The second-order valence-electron chi connectivity index (χ2n) is 4.51. The molecule has 0 unspecified atom stereocenters. The molecule has 0 amide bonds. The van der Waals surface area contributed by atoms with Crippen molar-refractivity contribution in [2.24, 2.45) is 0 Å². The van der Waals surface area contributed by atoms with Gasteiger partial charge >= 0.3 is 5.97 Å². The van der Waals surface area contributed by atoms with E-state index in [4.69, 9.17) is 21.4 Å². The number of anilines is 1. The lowest BCUT2D eigenvalue weighted by Crippen LogP contribution is -2.14. The molecule has 0 saturated heterocycles. The van der Waals surface area contributed by atoms with Crippen LogP contribution in [0.5, 0.6) is 5.75 Å². The van der Waals surface area contributed by atoms with Crippen LogP contribution in [-0.4, -0.2) is 30.5 Å². The first kappa shape index (κ1) is 15.9. The third-order valence-electron chi connectivity index (χ3n) is 3.06. The molecule has 0 saturated carbocycles. The Morgan fingerprint density at radius 3 is 2.32 bits per heavy atom. The fourth-order valence-electron chi connectivity index (χ4n) is 1.85. The van der Waals surface area contributed by atoms with Crippen LogP contribution in [-0.2, 0) is 0 Å². The Kier molecular flexibility index (Phi) is 5.01. The quantitative estimate of drug-likeness (QED) is 0.799. The van der Waals surface area contributed by atoms with Crippen molar-refractivity contribution in [2.45, 2.75) is 0 Å². The van der Waals surface area contributed by atoms with Gasteiger partial charge in [-0.1, -0.05) is 11.6 Å². The largest absolute Gasteiger partial charge is 0.495 e. The molecule has 6 heteroatoms. The summed E-state index contributed by atoms with van der Waals surface area (Å²) in [4.78, 5) is 22.8. The maximum atomic E-state index is 12.1. The number of rotatable bonds is 6. The smallest absolute Gasteiger partial charge is 0.335 e. The van der Waals surface area contributed by atoms with E-state index in [9.17, 15) is 9.59 Å². The summed E-state index contributed by atoms with van der Waals surface area (Å²) in [6, 6.07) is 11.0. The van der Waals surface area contributed by atoms with Crippen LogP contribution in [0, 0.1) is 0 Å². The first-order valence-electron chi connectivity index (χ1n) is 6.45. The summed E-state index contributed by atoms with van der Waals surface area (Å²) in [6.45, 7) is 0.0784. The molecule has 5 nitrogen and oxygen atoms in total. The lowest BCUT2D eigenvalue weighted by Gasteiger charge is -2.08. The van der Waals surface area contributed by atoms with Crippen molar-refractivity contribution in [3.05, 3.63) is 58.6 Å². The van der Waals surface area contributed by atoms with E-state index in [2.05, 4.69) is 5.32 Å². The van der Waals surface area contributed by atoms with Gasteiger partial charge in [-0.2, -0.15) is 0 Å². The van der Waals surface area contributed by atoms with E-state index in [1.54, 1.807) is 30.3 Å². The average molecular weight is 320 g/mol. The van der Waals surface area contributed by atoms with Gasteiger partial charge in [0.2, 0.25) is 0 Å². The predicted octanol–water partition coefficient (Wildman–Crippen LogP) is 3.34. The van der Waals surface area contributed by atoms with E-state index in [0.29, 0.717) is 22.0 Å². The first-order valence-corrected chi connectivity index (χ1v) is 6.83. The summed E-state index contributed by atoms with van der Waals surface area (Å²) in [6.07, 6.45) is 0. The average Bonchev–Trinajstić information content (AvgIpc) is 2.52. The SMILES string of the molecule is COc1ccc(C(=O)CNc2ccc(C(=O)O)cc2)cc1Cl. The van der Waals surface area contributed by atoms with Crippen LogP contribution in [0.2, 0.25) is 5.02 Å². The molecule has 0 aliphatic carbocycles. The number of ether oxygens (including phenoxy) is 1. The molecule has 2 rings (SSSR count). The van der Waals surface area contributed by atoms with Crippen molar-refractivity contribution < 1.29 is 19.4 Å². The van der Waals surface area contributed by atoms with E-state index in [1.807, 2.05) is 0 Å². The lowest BCUT2D eigenvalue weighted by atomic mass is 10.1. The Labute approximate surface area is 132 Å². The first-order chi connectivity index (χ1) is 10.5. The Hall–Kier alpha value is -2.53. The van der Waals surface area contributed by atoms with E-state index in [-0.39, 0.29) is 17.9 Å². The maximum absolute atomic E-state index is 12.1. The van der Waals surface area contributed by atoms with Crippen LogP contribution >= 0.6 is 11.6 Å². The molecule has 2 aromatic carbocycles. The maximum Gasteiger partial charge on any atom is 0.335 e. The van der Waals surface area contributed by atoms with Crippen LogP contribution in [0.1, 0.15) is 20.7 Å². The molecule has 0 atom stereocenters. The number of carboxylic acids is 1. The number of hydrogen-bond acceptors (Lipinski definition) is 4. The molecule has 0 bridgehead atoms. The normalized spacial score (nSPS) is 10.1. The van der Waals surface area contributed by atoms with Gasteiger partial charge in [0.05, 0.1) is 24.2 Å². The minimum absolute atomic E-state index is 0.0784. The van der Waals surface area contributed by atoms with Crippen molar-refractivity contribution in [1.82, 2.24) is 0 Å². The fraction of sp³-hybridized carbons (Fsp3) is 0.125. The molecule has 0 fully saturated rings. The molecule has 2 aromatic rings. The van der Waals surface area contributed by atoms with Crippen molar-refractivity contribution >= 4 is 29.0 Å². The van der Waals surface area contributed by atoms with Crippen LogP contribution in [0.15, 0.2) is 42.5 Å². The van der Waals surface area contributed by atoms with Crippen LogP contribution in [0.4, 0.5) is 5.69 Å². The Bertz CT molecular complexity index is 698. The number of hydrogen-bond donors (Lipinski definition) is 2. The third kappa shape index (κ3) is 3.77.